The Hall–Kier alpha value is -1.51. The third-order valence-electron chi connectivity index (χ3n) is 4.23. The smallest absolute Gasteiger partial charge is 0.124 e. The van der Waals surface area contributed by atoms with Gasteiger partial charge in [-0.05, 0) is 19.1 Å². The van der Waals surface area contributed by atoms with Gasteiger partial charge in [0.1, 0.15) is 10.1 Å². The van der Waals surface area contributed by atoms with E-state index in [0.29, 0.717) is 5.75 Å². The largest absolute Gasteiger partial charge is 0.744 e. The predicted molar refractivity (Wildman–Crippen MR) is 113 cm³/mol. The van der Waals surface area contributed by atoms with Crippen molar-refractivity contribution >= 4 is 15.1 Å². The van der Waals surface area contributed by atoms with Crippen LogP contribution in [0, 0.1) is 6.92 Å². The molecule has 0 saturated heterocycles. The van der Waals surface area contributed by atoms with Crippen LogP contribution < -0.4 is 0 Å². The van der Waals surface area contributed by atoms with E-state index in [1.807, 2.05) is 13.0 Å². The molecule has 0 fully saturated rings. The van der Waals surface area contributed by atoms with Gasteiger partial charge in [0.2, 0.25) is 0 Å². The molecule has 2 aromatic carbocycles. The van der Waals surface area contributed by atoms with Crippen molar-refractivity contribution in [3.8, 4) is 5.75 Å². The van der Waals surface area contributed by atoms with Crippen LogP contribution in [0.2, 0.25) is 0 Å². The molecule has 2 aromatic rings. The maximum Gasteiger partial charge on any atom is 0.124 e. The van der Waals surface area contributed by atoms with E-state index in [-0.39, 0.29) is 21.2 Å². The Morgan fingerprint density at radius 2 is 1.45 bits per heavy atom. The molecule has 0 aromatic heterocycles. The second-order valence-electron chi connectivity index (χ2n) is 8.83. The van der Waals surface area contributed by atoms with Gasteiger partial charge in [0.05, 0.1) is 4.90 Å². The fraction of sp³-hybridized carbons (Fsp3) is 0.409. The van der Waals surface area contributed by atoms with Crippen LogP contribution in [0.15, 0.2) is 41.3 Å². The quantitative estimate of drug-likeness (QED) is 0.680. The van der Waals surface area contributed by atoms with Crippen molar-refractivity contribution in [2.45, 2.75) is 64.2 Å². The number of hydrogen-bond acceptors (Lipinski definition) is 4. The number of aromatic hydroxyl groups is 1. The monoisotopic (exact) mass is 466 g/mol. The van der Waals surface area contributed by atoms with Crippen LogP contribution in [-0.4, -0.2) is 28.5 Å². The zero-order chi connectivity index (χ0) is 21.9. The minimum Gasteiger partial charge on any atom is -0.744 e. The molecule has 164 valence electrons. The summed E-state index contributed by atoms with van der Waals surface area (Å²) in [6.07, 6.45) is 0. The maximum atomic E-state index is 10.4. The minimum atomic E-state index is -4.27. The van der Waals surface area contributed by atoms with Crippen molar-refractivity contribution in [1.82, 2.24) is 0 Å². The van der Waals surface area contributed by atoms with Crippen molar-refractivity contribution in [2.24, 2.45) is 0 Å². The Kier molecular flexibility index (Phi) is 9.47. The second-order valence-corrected chi connectivity index (χ2v) is 10.5. The fourth-order valence-corrected chi connectivity index (χ4v) is 3.14. The average molecular weight is 466 g/mol. The number of phenols is 1. The molecule has 0 heterocycles. The molecule has 0 amide bonds. The molecule has 2 rings (SSSR count). The van der Waals surface area contributed by atoms with Crippen molar-refractivity contribution < 1.29 is 38.9 Å². The number of hydrogen-bond donors (Lipinski definition) is 1. The Balaban J connectivity index is 0.000000568. The van der Waals surface area contributed by atoms with E-state index in [1.54, 1.807) is 17.1 Å². The zero-order valence-electron chi connectivity index (χ0n) is 18.0. The van der Waals surface area contributed by atoms with Crippen LogP contribution in [0.1, 0.15) is 63.8 Å². The average Bonchev–Trinajstić information content (AvgIpc) is 2.53. The van der Waals surface area contributed by atoms with E-state index >= 15 is 0 Å². The van der Waals surface area contributed by atoms with E-state index in [4.69, 9.17) is 0 Å². The molecule has 0 aliphatic carbocycles. The maximum absolute atomic E-state index is 10.4. The summed E-state index contributed by atoms with van der Waals surface area (Å²) < 4.78 is 31.2. The number of aryl methyl sites for hydroxylation is 1. The second kappa shape index (κ2) is 10.00. The molecule has 0 radical (unpaired) electrons. The normalized spacial score (nSPS) is 11.8. The van der Waals surface area contributed by atoms with E-state index < -0.39 is 10.1 Å². The van der Waals surface area contributed by atoms with Crippen LogP contribution >= 0.6 is 0 Å². The van der Waals surface area contributed by atoms with Gasteiger partial charge in [-0.3, -0.25) is 0 Å². The first kappa shape index (κ1) is 27.5. The molecule has 0 unspecified atom stereocenters. The third kappa shape index (κ3) is 8.02. The topological polar surface area (TPSA) is 109 Å². The van der Waals surface area contributed by atoms with Crippen LogP contribution in [-0.2, 0) is 36.3 Å². The number of benzene rings is 2. The standard InChI is InChI=1S/C15H22O.C7H8O3S.Co.H2O/c1-10-8-11(14(2,3)4)9-12(13(10)16)15(5,6)7;1-6-2-4-7(5-3-6)11(8,9)10;;/h1,8-9,16H,2-7H3;2-5H,1H3,(H,8,9,10);;1H2/q;;+1;/p-1. The molecule has 3 N–H and O–H groups in total. The van der Waals surface area contributed by atoms with Gasteiger partial charge >= 0.3 is 112 Å². The summed E-state index contributed by atoms with van der Waals surface area (Å²) >= 11 is 4.23. The Morgan fingerprint density at radius 3 is 1.79 bits per heavy atom. The van der Waals surface area contributed by atoms with Crippen LogP contribution in [0.5, 0.6) is 5.75 Å². The van der Waals surface area contributed by atoms with Crippen LogP contribution in [0.25, 0.3) is 0 Å². The number of phenolic OH excluding ortho intramolecular Hbond substituents is 1. The van der Waals surface area contributed by atoms with E-state index in [1.165, 1.54) is 17.7 Å². The summed E-state index contributed by atoms with van der Waals surface area (Å²) in [6.45, 7) is 14.7. The molecule has 0 bridgehead atoms. The summed E-state index contributed by atoms with van der Waals surface area (Å²) in [4.78, 5) is 1.48. The van der Waals surface area contributed by atoms with Gasteiger partial charge in [0, 0.05) is 0 Å². The van der Waals surface area contributed by atoms with Gasteiger partial charge in [-0.15, -0.1) is 0 Å². The van der Waals surface area contributed by atoms with Crippen molar-refractivity contribution in [3.05, 3.63) is 58.7 Å². The van der Waals surface area contributed by atoms with E-state index in [2.05, 4.69) is 62.9 Å². The first-order valence-electron chi connectivity index (χ1n) is 8.88. The molecule has 7 heteroatoms. The van der Waals surface area contributed by atoms with Gasteiger partial charge in [0.25, 0.3) is 0 Å². The molecule has 0 atom stereocenters. The van der Waals surface area contributed by atoms with Crippen molar-refractivity contribution in [3.63, 3.8) is 0 Å². The molecular formula is C22H31CoO5S. The molecule has 29 heavy (non-hydrogen) atoms. The summed E-state index contributed by atoms with van der Waals surface area (Å²) in [5.74, 6) is 0.346. The fourth-order valence-electron chi connectivity index (χ4n) is 2.44. The van der Waals surface area contributed by atoms with Gasteiger partial charge < -0.3 is 10.0 Å². The van der Waals surface area contributed by atoms with Crippen LogP contribution in [0.3, 0.4) is 0 Å². The zero-order valence-corrected chi connectivity index (χ0v) is 19.8. The van der Waals surface area contributed by atoms with Gasteiger partial charge in [-0.2, -0.15) is 0 Å². The van der Waals surface area contributed by atoms with Gasteiger partial charge in [0.15, 0.2) is 0 Å². The Bertz CT molecular complexity index is 935. The van der Waals surface area contributed by atoms with Gasteiger partial charge in [-0.1, -0.05) is 17.7 Å². The molecule has 0 spiro atoms. The SMILES string of the molecule is CC(C)(C)c1cc([CH]=[Co+])c(O)c(C(C)(C)C)c1.Cc1ccc(S(=O)(=O)[O-])cc1.O. The first-order chi connectivity index (χ1) is 12.6. The molecule has 0 aliphatic heterocycles. The van der Waals surface area contributed by atoms with Gasteiger partial charge in [-0.25, -0.2) is 8.42 Å². The molecule has 0 aliphatic rings. The predicted octanol–water partition coefficient (Wildman–Crippen LogP) is 3.76. The number of rotatable bonds is 2. The van der Waals surface area contributed by atoms with Crippen LogP contribution in [0.4, 0.5) is 0 Å². The molecule has 5 nitrogen and oxygen atoms in total. The van der Waals surface area contributed by atoms with Crippen molar-refractivity contribution in [1.29, 1.82) is 0 Å². The molecule has 0 saturated carbocycles. The van der Waals surface area contributed by atoms with Crippen molar-refractivity contribution in [2.75, 3.05) is 0 Å². The Morgan fingerprint density at radius 1 is 0.966 bits per heavy atom. The summed E-state index contributed by atoms with van der Waals surface area (Å²) in [7, 11) is -4.27. The Labute approximate surface area is 182 Å². The third-order valence-corrected chi connectivity index (χ3v) is 5.40. The minimum absolute atomic E-state index is 0. The van der Waals surface area contributed by atoms with E-state index in [0.717, 1.165) is 16.7 Å². The summed E-state index contributed by atoms with van der Waals surface area (Å²) in [5, 5.41) is 10.2. The first-order valence-corrected chi connectivity index (χ1v) is 10.9. The summed E-state index contributed by atoms with van der Waals surface area (Å²) in [5.41, 5.74) is 3.91. The van der Waals surface area contributed by atoms with E-state index in [9.17, 15) is 18.1 Å². The molecular weight excluding hydrogens is 435 g/mol. The summed E-state index contributed by atoms with van der Waals surface area (Å²) in [6, 6.07) is 9.90.